The van der Waals surface area contributed by atoms with Crippen LogP contribution in [-0.4, -0.2) is 29.0 Å². The van der Waals surface area contributed by atoms with Crippen molar-refractivity contribution in [2.75, 3.05) is 13.1 Å². The lowest BCUT2D eigenvalue weighted by Crippen LogP contribution is -2.43. The van der Waals surface area contributed by atoms with E-state index < -0.39 is 4.92 Å². The summed E-state index contributed by atoms with van der Waals surface area (Å²) in [5.41, 5.74) is 0. The van der Waals surface area contributed by atoms with Gasteiger partial charge in [-0.05, 0) is 20.3 Å². The molecule has 0 radical (unpaired) electrons. The molecule has 0 aromatic rings. The van der Waals surface area contributed by atoms with Crippen LogP contribution in [0, 0.1) is 10.1 Å². The van der Waals surface area contributed by atoms with Crippen LogP contribution in [0.25, 0.3) is 0 Å². The average molecular weight is 185 g/mol. The third-order valence-corrected chi connectivity index (χ3v) is 2.04. The first kappa shape index (κ1) is 9.83. The zero-order valence-corrected chi connectivity index (χ0v) is 7.99. The van der Waals surface area contributed by atoms with E-state index in [-0.39, 0.29) is 0 Å². The van der Waals surface area contributed by atoms with E-state index in [1.165, 1.54) is 0 Å². The van der Waals surface area contributed by atoms with E-state index in [1.54, 1.807) is 0 Å². The molecule has 1 heterocycles. The van der Waals surface area contributed by atoms with Crippen LogP contribution in [0.4, 0.5) is 0 Å². The van der Waals surface area contributed by atoms with Gasteiger partial charge in [-0.3, -0.25) is 10.1 Å². The van der Waals surface area contributed by atoms with Gasteiger partial charge in [0.15, 0.2) is 5.82 Å². The zero-order valence-electron chi connectivity index (χ0n) is 7.99. The molecule has 74 valence electrons. The Morgan fingerprint density at radius 1 is 1.69 bits per heavy atom. The molecule has 1 N–H and O–H groups in total. The fraction of sp³-hybridized carbons (Fsp3) is 0.750. The van der Waals surface area contributed by atoms with Crippen LogP contribution in [0.15, 0.2) is 12.0 Å². The molecule has 0 saturated carbocycles. The Hall–Kier alpha value is -1.26. The fourth-order valence-corrected chi connectivity index (χ4v) is 1.44. The van der Waals surface area contributed by atoms with Crippen LogP contribution < -0.4 is 5.32 Å². The summed E-state index contributed by atoms with van der Waals surface area (Å²) >= 11 is 0. The maximum absolute atomic E-state index is 10.3. The highest BCUT2D eigenvalue weighted by Crippen LogP contribution is 2.11. The minimum Gasteiger partial charge on any atom is -0.367 e. The molecule has 1 aliphatic rings. The molecule has 0 bridgehead atoms. The Bertz CT molecular complexity index is 225. The van der Waals surface area contributed by atoms with E-state index in [4.69, 9.17) is 0 Å². The molecule has 0 aliphatic carbocycles. The predicted octanol–water partition coefficient (Wildman–Crippen LogP) is 0.766. The Morgan fingerprint density at radius 3 is 2.92 bits per heavy atom. The topological polar surface area (TPSA) is 58.4 Å². The van der Waals surface area contributed by atoms with Crippen molar-refractivity contribution in [2.45, 2.75) is 26.3 Å². The molecule has 1 fully saturated rings. The molecule has 13 heavy (non-hydrogen) atoms. The van der Waals surface area contributed by atoms with Crippen molar-refractivity contribution in [3.63, 3.8) is 0 Å². The van der Waals surface area contributed by atoms with Crippen LogP contribution in [0.3, 0.4) is 0 Å². The van der Waals surface area contributed by atoms with E-state index in [1.807, 2.05) is 18.7 Å². The normalized spacial score (nSPS) is 20.5. The van der Waals surface area contributed by atoms with Crippen molar-refractivity contribution in [3.05, 3.63) is 22.1 Å². The highest BCUT2D eigenvalue weighted by atomic mass is 16.6. The lowest BCUT2D eigenvalue weighted by atomic mass is 10.2. The molecular formula is C8H15N3O2. The van der Waals surface area contributed by atoms with Crippen LogP contribution in [0.5, 0.6) is 0 Å². The second-order valence-corrected chi connectivity index (χ2v) is 3.37. The maximum atomic E-state index is 10.3. The summed E-state index contributed by atoms with van der Waals surface area (Å²) in [4.78, 5) is 11.9. The van der Waals surface area contributed by atoms with Crippen molar-refractivity contribution in [1.82, 2.24) is 10.2 Å². The lowest BCUT2D eigenvalue weighted by Gasteiger charge is -2.34. The summed E-state index contributed by atoms with van der Waals surface area (Å²) in [6.07, 6.45) is 2.08. The van der Waals surface area contributed by atoms with Gasteiger partial charge in [-0.2, -0.15) is 0 Å². The fourth-order valence-electron chi connectivity index (χ4n) is 1.44. The Kier molecular flexibility index (Phi) is 3.11. The van der Waals surface area contributed by atoms with Gasteiger partial charge in [-0.1, -0.05) is 0 Å². The number of nitrogens with zero attached hydrogens (tertiary/aromatic N) is 2. The van der Waals surface area contributed by atoms with Crippen molar-refractivity contribution in [1.29, 1.82) is 0 Å². The van der Waals surface area contributed by atoms with Crippen molar-refractivity contribution in [2.24, 2.45) is 0 Å². The molecular weight excluding hydrogens is 170 g/mol. The van der Waals surface area contributed by atoms with Gasteiger partial charge in [0.2, 0.25) is 0 Å². The van der Waals surface area contributed by atoms with Gasteiger partial charge in [0.05, 0.1) is 4.92 Å². The van der Waals surface area contributed by atoms with Gasteiger partial charge in [0.25, 0.3) is 6.20 Å². The summed E-state index contributed by atoms with van der Waals surface area (Å²) in [5.74, 6) is 0.631. The monoisotopic (exact) mass is 185 g/mol. The molecule has 5 nitrogen and oxygen atoms in total. The average Bonchev–Trinajstić information content (AvgIpc) is 2.03. The summed E-state index contributed by atoms with van der Waals surface area (Å²) in [6, 6.07) is 0.305. The summed E-state index contributed by atoms with van der Waals surface area (Å²) in [7, 11) is 0. The van der Waals surface area contributed by atoms with Gasteiger partial charge in [-0.25, -0.2) is 0 Å². The third-order valence-electron chi connectivity index (χ3n) is 2.04. The maximum Gasteiger partial charge on any atom is 0.274 e. The van der Waals surface area contributed by atoms with Gasteiger partial charge < -0.3 is 10.2 Å². The quantitative estimate of drug-likeness (QED) is 0.510. The van der Waals surface area contributed by atoms with E-state index in [9.17, 15) is 10.1 Å². The molecule has 0 spiro atoms. The number of hydrogen-bond acceptors (Lipinski definition) is 4. The molecule has 1 aliphatic heterocycles. The van der Waals surface area contributed by atoms with Gasteiger partial charge >= 0.3 is 0 Å². The highest BCUT2D eigenvalue weighted by Gasteiger charge is 2.19. The lowest BCUT2D eigenvalue weighted by molar-refractivity contribution is -0.405. The van der Waals surface area contributed by atoms with Crippen LogP contribution >= 0.6 is 0 Å². The molecule has 0 amide bonds. The van der Waals surface area contributed by atoms with Crippen molar-refractivity contribution in [3.8, 4) is 0 Å². The number of nitrogens with one attached hydrogen (secondary N) is 1. The largest absolute Gasteiger partial charge is 0.367 e. The zero-order chi connectivity index (χ0) is 9.84. The van der Waals surface area contributed by atoms with E-state index in [0.717, 1.165) is 25.7 Å². The van der Waals surface area contributed by atoms with E-state index >= 15 is 0 Å². The second-order valence-electron chi connectivity index (χ2n) is 3.37. The number of rotatable bonds is 2. The Morgan fingerprint density at radius 2 is 2.38 bits per heavy atom. The SMILES string of the molecule is CC(C)N1CCCNC1=C[N+](=O)[O-]. The predicted molar refractivity (Wildman–Crippen MR) is 49.5 cm³/mol. The Labute approximate surface area is 77.6 Å². The number of hydrogen-bond donors (Lipinski definition) is 1. The standard InChI is InChI=1S/C8H15N3O2/c1-7(2)10-5-3-4-9-8(10)6-11(12)13/h6-7,9H,3-5H2,1-2H3. The van der Waals surface area contributed by atoms with Gasteiger partial charge in [0, 0.05) is 19.1 Å². The minimum absolute atomic E-state index is 0.305. The summed E-state index contributed by atoms with van der Waals surface area (Å²) in [6.45, 7) is 5.77. The smallest absolute Gasteiger partial charge is 0.274 e. The van der Waals surface area contributed by atoms with E-state index in [0.29, 0.717) is 11.9 Å². The molecule has 1 saturated heterocycles. The molecule has 1 rings (SSSR count). The van der Waals surface area contributed by atoms with Crippen molar-refractivity contribution < 1.29 is 4.92 Å². The van der Waals surface area contributed by atoms with Crippen LogP contribution in [0.2, 0.25) is 0 Å². The highest BCUT2D eigenvalue weighted by molar-refractivity contribution is 4.98. The molecule has 0 atom stereocenters. The van der Waals surface area contributed by atoms with E-state index in [2.05, 4.69) is 5.32 Å². The Balaban J connectivity index is 2.72. The van der Waals surface area contributed by atoms with Crippen molar-refractivity contribution >= 4 is 0 Å². The molecule has 5 heteroatoms. The first-order valence-corrected chi connectivity index (χ1v) is 4.47. The molecule has 0 unspecified atom stereocenters. The molecule has 0 aromatic heterocycles. The first-order valence-electron chi connectivity index (χ1n) is 4.47. The first-order chi connectivity index (χ1) is 6.11. The van der Waals surface area contributed by atoms with Crippen LogP contribution in [-0.2, 0) is 0 Å². The van der Waals surface area contributed by atoms with Gasteiger partial charge in [0.1, 0.15) is 0 Å². The summed E-state index contributed by atoms with van der Waals surface area (Å²) < 4.78 is 0. The minimum atomic E-state index is -0.414. The molecule has 0 aromatic carbocycles. The van der Waals surface area contributed by atoms with Gasteiger partial charge in [-0.15, -0.1) is 0 Å². The number of nitro groups is 1. The second kappa shape index (κ2) is 4.11. The third kappa shape index (κ3) is 2.61. The summed E-state index contributed by atoms with van der Waals surface area (Å²) in [5, 5.41) is 13.3. The van der Waals surface area contributed by atoms with Crippen LogP contribution in [0.1, 0.15) is 20.3 Å².